The number of ether oxygens (including phenoxy) is 3. The average molecular weight is 447 g/mol. The predicted octanol–water partition coefficient (Wildman–Crippen LogP) is 4.02. The maximum Gasteiger partial charge on any atom is 0.419 e. The summed E-state index contributed by atoms with van der Waals surface area (Å²) in [5.74, 6) is 0. The van der Waals surface area contributed by atoms with Gasteiger partial charge in [-0.2, -0.15) is 0 Å². The first-order valence-electron chi connectivity index (χ1n) is 10.8. The Bertz CT molecular complexity index is 835. The summed E-state index contributed by atoms with van der Waals surface area (Å²) < 4.78 is 19.4. The number of nitrogens with zero attached hydrogens (tertiary/aromatic N) is 2. The Morgan fingerprint density at radius 1 is 1.32 bits per heavy atom. The molecular formula is C23H34N2O5Si. The minimum absolute atomic E-state index is 0.0415. The van der Waals surface area contributed by atoms with Crippen molar-refractivity contribution in [3.8, 4) is 0 Å². The molecule has 8 heteroatoms. The molecule has 1 aliphatic heterocycles. The van der Waals surface area contributed by atoms with Crippen molar-refractivity contribution in [3.05, 3.63) is 54.6 Å². The number of aliphatic hydroxyl groups excluding tert-OH is 1. The molecule has 170 valence electrons. The predicted molar refractivity (Wildman–Crippen MR) is 120 cm³/mol. The Hall–Kier alpha value is -2.00. The molecule has 1 fully saturated rings. The lowest BCUT2D eigenvalue weighted by molar-refractivity contribution is -0.183. The van der Waals surface area contributed by atoms with E-state index in [2.05, 4.69) is 38.8 Å². The summed E-state index contributed by atoms with van der Waals surface area (Å²) in [4.78, 5) is 16.5. The van der Waals surface area contributed by atoms with E-state index in [1.54, 1.807) is 6.20 Å². The van der Waals surface area contributed by atoms with Gasteiger partial charge in [-0.3, -0.25) is 0 Å². The highest BCUT2D eigenvalue weighted by Gasteiger charge is 2.51. The standard InChI is InChI=1S/C23H34N2O5Si/c1-23(2,3)31(4,5)21(26)20-19(29-15-17-9-7-6-8-10-17)18(11-14-28-20)30-22(27)25-13-12-24-16-25/h6-10,12-13,16,18-21,26H,11,14-15H2,1-5H3/t18-,19+,20+,21?/m1/s1. The molecule has 0 saturated carbocycles. The molecule has 3 rings (SSSR count). The molecule has 2 heterocycles. The van der Waals surface area contributed by atoms with Gasteiger partial charge in [-0.05, 0) is 10.6 Å². The van der Waals surface area contributed by atoms with Crippen molar-refractivity contribution in [3.63, 3.8) is 0 Å². The van der Waals surface area contributed by atoms with Crippen LogP contribution in [0.1, 0.15) is 32.8 Å². The molecule has 0 radical (unpaired) electrons. The van der Waals surface area contributed by atoms with E-state index in [1.165, 1.54) is 17.1 Å². The normalized spacial score (nSPS) is 23.4. The Labute approximate surface area is 185 Å². The van der Waals surface area contributed by atoms with E-state index in [9.17, 15) is 9.90 Å². The van der Waals surface area contributed by atoms with Crippen LogP contribution in [0, 0.1) is 0 Å². The third kappa shape index (κ3) is 5.44. The van der Waals surface area contributed by atoms with Gasteiger partial charge in [0.1, 0.15) is 24.6 Å². The van der Waals surface area contributed by atoms with Crippen LogP contribution in [0.15, 0.2) is 49.1 Å². The number of hydrogen-bond donors (Lipinski definition) is 1. The van der Waals surface area contributed by atoms with Gasteiger partial charge in [0.2, 0.25) is 0 Å². The number of carbonyl (C=O) groups excluding carboxylic acids is 1. The lowest BCUT2D eigenvalue weighted by Crippen LogP contribution is -2.62. The number of hydrogen-bond acceptors (Lipinski definition) is 6. The molecule has 1 aromatic carbocycles. The van der Waals surface area contributed by atoms with Gasteiger partial charge in [0.15, 0.2) is 0 Å². The van der Waals surface area contributed by atoms with E-state index in [0.29, 0.717) is 19.6 Å². The van der Waals surface area contributed by atoms with Crippen LogP contribution in [-0.4, -0.2) is 59.5 Å². The summed E-state index contributed by atoms with van der Waals surface area (Å²) in [6.45, 7) is 11.5. The number of carbonyl (C=O) groups is 1. The van der Waals surface area contributed by atoms with Crippen molar-refractivity contribution >= 4 is 14.2 Å². The second-order valence-corrected chi connectivity index (χ2v) is 15.2. The third-order valence-electron chi connectivity index (χ3n) is 6.64. The van der Waals surface area contributed by atoms with Gasteiger partial charge in [-0.15, -0.1) is 0 Å². The highest BCUT2D eigenvalue weighted by atomic mass is 28.3. The number of rotatable bonds is 6. The van der Waals surface area contributed by atoms with Crippen molar-refractivity contribution < 1.29 is 24.1 Å². The zero-order valence-electron chi connectivity index (χ0n) is 19.0. The highest BCUT2D eigenvalue weighted by Crippen LogP contribution is 2.41. The van der Waals surface area contributed by atoms with Crippen LogP contribution in [0.2, 0.25) is 18.1 Å². The third-order valence-corrected chi connectivity index (χ3v) is 12.3. The largest absolute Gasteiger partial charge is 0.443 e. The topological polar surface area (TPSA) is 82.8 Å². The van der Waals surface area contributed by atoms with Gasteiger partial charge in [0.05, 0.1) is 27.0 Å². The molecule has 1 unspecified atom stereocenters. The van der Waals surface area contributed by atoms with Gasteiger partial charge in [-0.25, -0.2) is 14.3 Å². The molecular weight excluding hydrogens is 412 g/mol. The Balaban J connectivity index is 1.83. The SMILES string of the molecule is CC(C)(C)[Si](C)(C)C(O)[C@H]1OCC[C@@H](OC(=O)n2ccnc2)[C@@H]1OCc1ccccc1. The fraction of sp³-hybridized carbons (Fsp3) is 0.565. The zero-order valence-corrected chi connectivity index (χ0v) is 20.0. The van der Waals surface area contributed by atoms with Crippen molar-refractivity contribution in [1.82, 2.24) is 9.55 Å². The molecule has 2 aromatic rings. The molecule has 0 aliphatic carbocycles. The molecule has 0 spiro atoms. The van der Waals surface area contributed by atoms with Crippen molar-refractivity contribution in [2.45, 2.75) is 76.0 Å². The van der Waals surface area contributed by atoms with E-state index in [4.69, 9.17) is 14.2 Å². The molecule has 1 aromatic heterocycles. The van der Waals surface area contributed by atoms with E-state index < -0.39 is 38.2 Å². The van der Waals surface area contributed by atoms with Crippen molar-refractivity contribution in [2.75, 3.05) is 6.61 Å². The minimum Gasteiger partial charge on any atom is -0.443 e. The second-order valence-electron chi connectivity index (χ2n) is 9.69. The van der Waals surface area contributed by atoms with Gasteiger partial charge in [0, 0.05) is 18.8 Å². The van der Waals surface area contributed by atoms with Crippen molar-refractivity contribution in [2.24, 2.45) is 0 Å². The maximum atomic E-state index is 12.6. The first-order chi connectivity index (χ1) is 14.6. The molecule has 0 amide bonds. The van der Waals surface area contributed by atoms with Crippen LogP contribution < -0.4 is 0 Å². The highest BCUT2D eigenvalue weighted by molar-refractivity contribution is 6.81. The molecule has 1 N–H and O–H groups in total. The lowest BCUT2D eigenvalue weighted by atomic mass is 10.0. The first-order valence-corrected chi connectivity index (χ1v) is 13.8. The minimum atomic E-state index is -2.17. The Morgan fingerprint density at radius 2 is 2.03 bits per heavy atom. The quantitative estimate of drug-likeness (QED) is 0.675. The molecule has 1 saturated heterocycles. The van der Waals surface area contributed by atoms with Gasteiger partial charge in [0.25, 0.3) is 0 Å². The Kier molecular flexibility index (Phi) is 7.36. The first kappa shape index (κ1) is 23.7. The van der Waals surface area contributed by atoms with E-state index >= 15 is 0 Å². The van der Waals surface area contributed by atoms with E-state index in [1.807, 2.05) is 30.3 Å². The van der Waals surface area contributed by atoms with Gasteiger partial charge >= 0.3 is 6.09 Å². The molecule has 0 bridgehead atoms. The lowest BCUT2D eigenvalue weighted by Gasteiger charge is -2.47. The smallest absolute Gasteiger partial charge is 0.419 e. The number of aromatic nitrogens is 2. The van der Waals surface area contributed by atoms with E-state index in [0.717, 1.165) is 5.56 Å². The average Bonchev–Trinajstić information content (AvgIpc) is 3.27. The van der Waals surface area contributed by atoms with Crippen LogP contribution in [0.3, 0.4) is 0 Å². The Morgan fingerprint density at radius 3 is 2.65 bits per heavy atom. The number of imidazole rings is 1. The van der Waals surface area contributed by atoms with Gasteiger partial charge < -0.3 is 19.3 Å². The number of aliphatic hydroxyl groups is 1. The molecule has 1 aliphatic rings. The van der Waals surface area contributed by atoms with Crippen molar-refractivity contribution in [1.29, 1.82) is 0 Å². The monoisotopic (exact) mass is 446 g/mol. The summed E-state index contributed by atoms with van der Waals surface area (Å²) in [7, 11) is -2.17. The fourth-order valence-corrected chi connectivity index (χ4v) is 5.56. The molecule has 7 nitrogen and oxygen atoms in total. The van der Waals surface area contributed by atoms with Crippen LogP contribution in [0.4, 0.5) is 4.79 Å². The van der Waals surface area contributed by atoms with Crippen LogP contribution >= 0.6 is 0 Å². The van der Waals surface area contributed by atoms with Crippen LogP contribution in [-0.2, 0) is 20.8 Å². The molecule has 31 heavy (non-hydrogen) atoms. The summed E-state index contributed by atoms with van der Waals surface area (Å²) in [6.07, 6.45) is 2.78. The maximum absolute atomic E-state index is 12.6. The fourth-order valence-electron chi connectivity index (χ4n) is 3.57. The van der Waals surface area contributed by atoms with Crippen LogP contribution in [0.25, 0.3) is 0 Å². The summed E-state index contributed by atoms with van der Waals surface area (Å²) in [5.41, 5.74) is 0.330. The summed E-state index contributed by atoms with van der Waals surface area (Å²) >= 11 is 0. The van der Waals surface area contributed by atoms with Gasteiger partial charge in [-0.1, -0.05) is 64.2 Å². The molecule has 4 atom stereocenters. The summed E-state index contributed by atoms with van der Waals surface area (Å²) in [6, 6.07) is 9.82. The summed E-state index contributed by atoms with van der Waals surface area (Å²) in [5, 5.41) is 11.4. The zero-order chi connectivity index (χ0) is 22.6. The second kappa shape index (κ2) is 9.64. The number of benzene rings is 1. The van der Waals surface area contributed by atoms with E-state index in [-0.39, 0.29) is 5.04 Å². The van der Waals surface area contributed by atoms with Crippen LogP contribution in [0.5, 0.6) is 0 Å².